The Morgan fingerprint density at radius 3 is 2.67 bits per heavy atom. The van der Waals surface area contributed by atoms with Gasteiger partial charge in [0.2, 0.25) is 5.91 Å². The van der Waals surface area contributed by atoms with E-state index in [4.69, 9.17) is 0 Å². The molecule has 3 heteroatoms. The molecule has 1 aliphatic rings. The molecule has 78 valence electrons. The molecule has 1 aromatic rings. The van der Waals surface area contributed by atoms with Crippen molar-refractivity contribution in [2.45, 2.75) is 20.3 Å². The van der Waals surface area contributed by atoms with Gasteiger partial charge in [0.05, 0.1) is 5.92 Å². The number of nitrogens with one attached hydrogen (secondary N) is 1. The molecule has 3 nitrogen and oxygen atoms in total. The fourth-order valence-corrected chi connectivity index (χ4v) is 1.79. The predicted molar refractivity (Wildman–Crippen MR) is 59.6 cm³/mol. The van der Waals surface area contributed by atoms with E-state index in [1.807, 2.05) is 19.1 Å². The molecule has 15 heavy (non-hydrogen) atoms. The van der Waals surface area contributed by atoms with E-state index in [2.05, 4.69) is 29.6 Å². The van der Waals surface area contributed by atoms with Crippen molar-refractivity contribution < 1.29 is 4.79 Å². The summed E-state index contributed by atoms with van der Waals surface area (Å²) in [4.78, 5) is 11.5. The lowest BCUT2D eigenvalue weighted by Crippen LogP contribution is -2.24. The molecule has 0 unspecified atom stereocenters. The van der Waals surface area contributed by atoms with Gasteiger partial charge in [0.25, 0.3) is 0 Å². The van der Waals surface area contributed by atoms with Gasteiger partial charge < -0.3 is 0 Å². The van der Waals surface area contributed by atoms with Gasteiger partial charge in [-0.1, -0.05) is 24.3 Å². The Morgan fingerprint density at radius 2 is 2.07 bits per heavy atom. The van der Waals surface area contributed by atoms with E-state index in [1.165, 1.54) is 11.1 Å². The number of rotatable bonds is 2. The summed E-state index contributed by atoms with van der Waals surface area (Å²) in [7, 11) is 0. The summed E-state index contributed by atoms with van der Waals surface area (Å²) in [5.41, 5.74) is 5.83. The van der Waals surface area contributed by atoms with Crippen molar-refractivity contribution in [2.75, 3.05) is 0 Å². The van der Waals surface area contributed by atoms with Crippen molar-refractivity contribution in [1.29, 1.82) is 0 Å². The fourth-order valence-electron chi connectivity index (χ4n) is 1.79. The Hall–Kier alpha value is -1.64. The minimum Gasteiger partial charge on any atom is -0.272 e. The van der Waals surface area contributed by atoms with Crippen molar-refractivity contribution in [3.8, 4) is 0 Å². The number of hydrogen-bond donors (Lipinski definition) is 1. The van der Waals surface area contributed by atoms with Crippen LogP contribution in [-0.2, 0) is 11.2 Å². The van der Waals surface area contributed by atoms with Gasteiger partial charge in [-0.15, -0.1) is 0 Å². The monoisotopic (exact) mass is 202 g/mol. The maximum absolute atomic E-state index is 11.5. The number of aryl methyl sites for hydroxylation is 1. The quantitative estimate of drug-likeness (QED) is 0.778. The maximum Gasteiger partial charge on any atom is 0.249 e. The van der Waals surface area contributed by atoms with Crippen LogP contribution in [0, 0.1) is 12.8 Å². The zero-order valence-corrected chi connectivity index (χ0v) is 8.95. The molecule has 0 saturated carbocycles. The molecule has 1 aromatic carbocycles. The summed E-state index contributed by atoms with van der Waals surface area (Å²) in [6.45, 7) is 3.95. The van der Waals surface area contributed by atoms with Gasteiger partial charge in [-0.05, 0) is 31.4 Å². The molecule has 1 heterocycles. The average Bonchev–Trinajstić information content (AvgIpc) is 2.53. The minimum absolute atomic E-state index is 0.00996. The molecule has 0 aliphatic carbocycles. The topological polar surface area (TPSA) is 41.5 Å². The molecule has 0 spiro atoms. The number of hydrogen-bond acceptors (Lipinski definition) is 2. The van der Waals surface area contributed by atoms with E-state index in [-0.39, 0.29) is 11.8 Å². The number of benzene rings is 1. The third kappa shape index (κ3) is 1.91. The molecule has 1 aliphatic heterocycles. The van der Waals surface area contributed by atoms with Gasteiger partial charge in [0, 0.05) is 5.71 Å². The highest BCUT2D eigenvalue weighted by molar-refractivity contribution is 6.07. The van der Waals surface area contributed by atoms with Gasteiger partial charge in [0.1, 0.15) is 0 Å². The van der Waals surface area contributed by atoms with E-state index in [9.17, 15) is 4.79 Å². The van der Waals surface area contributed by atoms with Crippen LogP contribution in [0.5, 0.6) is 0 Å². The van der Waals surface area contributed by atoms with Gasteiger partial charge in [-0.25, -0.2) is 5.43 Å². The predicted octanol–water partition coefficient (Wildman–Crippen LogP) is 1.66. The van der Waals surface area contributed by atoms with Crippen LogP contribution in [0.4, 0.5) is 0 Å². The molecule has 0 fully saturated rings. The van der Waals surface area contributed by atoms with Gasteiger partial charge in [-0.2, -0.15) is 5.10 Å². The molecular formula is C12H14N2O. The SMILES string of the molecule is CC1=NNC(=O)[C@@H]1Cc1ccccc1C. The highest BCUT2D eigenvalue weighted by Crippen LogP contribution is 2.17. The molecule has 1 N–H and O–H groups in total. The Balaban J connectivity index is 2.19. The fraction of sp³-hybridized carbons (Fsp3) is 0.333. The molecule has 0 saturated heterocycles. The summed E-state index contributed by atoms with van der Waals surface area (Å²) in [5, 5.41) is 3.94. The first kappa shape index (κ1) is 9.90. The Morgan fingerprint density at radius 1 is 1.33 bits per heavy atom. The first-order valence-corrected chi connectivity index (χ1v) is 5.07. The highest BCUT2D eigenvalue weighted by atomic mass is 16.2. The number of carbonyl (C=O) groups is 1. The van der Waals surface area contributed by atoms with Crippen LogP contribution in [0.25, 0.3) is 0 Å². The number of hydrazone groups is 1. The van der Waals surface area contributed by atoms with Crippen molar-refractivity contribution in [3.05, 3.63) is 35.4 Å². The molecule has 1 atom stereocenters. The van der Waals surface area contributed by atoms with E-state index >= 15 is 0 Å². The summed E-state index contributed by atoms with van der Waals surface area (Å²) >= 11 is 0. The first-order chi connectivity index (χ1) is 7.18. The average molecular weight is 202 g/mol. The lowest BCUT2D eigenvalue weighted by Gasteiger charge is -2.09. The lowest BCUT2D eigenvalue weighted by atomic mass is 9.93. The standard InChI is InChI=1S/C12H14N2O/c1-8-5-3-4-6-10(8)7-11-9(2)13-14-12(11)15/h3-6,11H,7H2,1-2H3,(H,14,15)/t11-/m1/s1. The van der Waals surface area contributed by atoms with E-state index in [0.717, 1.165) is 12.1 Å². The minimum atomic E-state index is -0.0916. The van der Waals surface area contributed by atoms with Crippen molar-refractivity contribution >= 4 is 11.6 Å². The van der Waals surface area contributed by atoms with Crippen LogP contribution in [0.15, 0.2) is 29.4 Å². The Labute approximate surface area is 89.2 Å². The molecular weight excluding hydrogens is 188 g/mol. The van der Waals surface area contributed by atoms with E-state index in [1.54, 1.807) is 0 Å². The van der Waals surface area contributed by atoms with Crippen molar-refractivity contribution in [3.63, 3.8) is 0 Å². The van der Waals surface area contributed by atoms with E-state index in [0.29, 0.717) is 0 Å². The normalized spacial score (nSPS) is 20.0. The zero-order valence-electron chi connectivity index (χ0n) is 8.95. The third-order valence-corrected chi connectivity index (χ3v) is 2.85. The van der Waals surface area contributed by atoms with Gasteiger partial charge >= 0.3 is 0 Å². The third-order valence-electron chi connectivity index (χ3n) is 2.85. The summed E-state index contributed by atoms with van der Waals surface area (Å²) in [6, 6.07) is 8.14. The summed E-state index contributed by atoms with van der Waals surface area (Å²) in [5.74, 6) is -0.0816. The van der Waals surface area contributed by atoms with Crippen LogP contribution in [0.3, 0.4) is 0 Å². The molecule has 0 aromatic heterocycles. The summed E-state index contributed by atoms with van der Waals surface area (Å²) in [6.07, 6.45) is 0.744. The molecule has 2 rings (SSSR count). The molecule has 0 bridgehead atoms. The van der Waals surface area contributed by atoms with Crippen LogP contribution in [-0.4, -0.2) is 11.6 Å². The maximum atomic E-state index is 11.5. The Bertz CT molecular complexity index is 423. The zero-order chi connectivity index (χ0) is 10.8. The van der Waals surface area contributed by atoms with Gasteiger partial charge in [-0.3, -0.25) is 4.79 Å². The number of amides is 1. The second-order valence-electron chi connectivity index (χ2n) is 3.91. The molecule has 0 radical (unpaired) electrons. The van der Waals surface area contributed by atoms with Crippen molar-refractivity contribution in [2.24, 2.45) is 11.0 Å². The first-order valence-electron chi connectivity index (χ1n) is 5.07. The smallest absolute Gasteiger partial charge is 0.249 e. The summed E-state index contributed by atoms with van der Waals surface area (Å²) < 4.78 is 0. The van der Waals surface area contributed by atoms with Crippen LogP contribution in [0.2, 0.25) is 0 Å². The largest absolute Gasteiger partial charge is 0.272 e. The molecule has 1 amide bonds. The number of carbonyl (C=O) groups excluding carboxylic acids is 1. The van der Waals surface area contributed by atoms with Crippen LogP contribution in [0.1, 0.15) is 18.1 Å². The van der Waals surface area contributed by atoms with Crippen LogP contribution >= 0.6 is 0 Å². The second-order valence-corrected chi connectivity index (χ2v) is 3.91. The van der Waals surface area contributed by atoms with Crippen molar-refractivity contribution in [1.82, 2.24) is 5.43 Å². The van der Waals surface area contributed by atoms with E-state index < -0.39 is 0 Å². The highest BCUT2D eigenvalue weighted by Gasteiger charge is 2.27. The number of nitrogens with zero attached hydrogens (tertiary/aromatic N) is 1. The lowest BCUT2D eigenvalue weighted by molar-refractivity contribution is -0.122. The van der Waals surface area contributed by atoms with Crippen LogP contribution < -0.4 is 5.43 Å². The Kier molecular flexibility index (Phi) is 2.54. The van der Waals surface area contributed by atoms with Gasteiger partial charge in [0.15, 0.2) is 0 Å². The second kappa shape index (κ2) is 3.85.